The number of nitrogens with zero attached hydrogens (tertiary/aromatic N) is 5. The second-order valence-electron chi connectivity index (χ2n) is 7.11. The Morgan fingerprint density at radius 2 is 2.15 bits per heavy atom. The third kappa shape index (κ3) is 4.22. The van der Waals surface area contributed by atoms with Gasteiger partial charge in [0.15, 0.2) is 5.13 Å². The van der Waals surface area contributed by atoms with E-state index in [4.69, 9.17) is 9.84 Å². The second kappa shape index (κ2) is 7.82. The van der Waals surface area contributed by atoms with Gasteiger partial charge in [0.05, 0.1) is 28.9 Å². The number of nitrogens with one attached hydrogen (secondary N) is 1. The van der Waals surface area contributed by atoms with E-state index in [0.717, 1.165) is 53.2 Å². The molecule has 0 bridgehead atoms. The highest BCUT2D eigenvalue weighted by Crippen LogP contribution is 2.32. The van der Waals surface area contributed by atoms with E-state index in [-0.39, 0.29) is 6.10 Å². The zero-order chi connectivity index (χ0) is 18.8. The van der Waals surface area contributed by atoms with Gasteiger partial charge in [-0.3, -0.25) is 9.36 Å². The van der Waals surface area contributed by atoms with Gasteiger partial charge in [0, 0.05) is 38.2 Å². The largest absolute Gasteiger partial charge is 0.376 e. The lowest BCUT2D eigenvalue weighted by atomic mass is 10.1. The molecule has 0 aromatic carbocycles. The minimum atomic E-state index is 0.286. The summed E-state index contributed by atoms with van der Waals surface area (Å²) in [6.07, 6.45) is 7.91. The highest BCUT2D eigenvalue weighted by atomic mass is 32.1. The number of anilines is 1. The average Bonchev–Trinajstić information content (AvgIpc) is 3.33. The van der Waals surface area contributed by atoms with Gasteiger partial charge in [-0.2, -0.15) is 10.2 Å². The maximum Gasteiger partial charge on any atom is 0.183 e. The number of hydrogen-bond donors (Lipinski definition) is 1. The normalized spacial score (nSPS) is 17.4. The second-order valence-corrected chi connectivity index (χ2v) is 8.11. The molecule has 1 saturated heterocycles. The molecule has 1 aliphatic rings. The van der Waals surface area contributed by atoms with Crippen LogP contribution in [0.25, 0.3) is 10.6 Å². The van der Waals surface area contributed by atoms with Crippen molar-refractivity contribution in [2.24, 2.45) is 7.05 Å². The summed E-state index contributed by atoms with van der Waals surface area (Å²) in [5.74, 6) is 0. The van der Waals surface area contributed by atoms with Crippen LogP contribution in [0.4, 0.5) is 5.13 Å². The number of thiazole rings is 1. The summed E-state index contributed by atoms with van der Waals surface area (Å²) in [6.45, 7) is 6.48. The van der Waals surface area contributed by atoms with E-state index in [1.807, 2.05) is 42.7 Å². The van der Waals surface area contributed by atoms with Gasteiger partial charge >= 0.3 is 0 Å². The number of aryl methyl sites for hydroxylation is 3. The van der Waals surface area contributed by atoms with Crippen molar-refractivity contribution < 1.29 is 4.74 Å². The summed E-state index contributed by atoms with van der Waals surface area (Å²) in [4.78, 5) is 5.78. The summed E-state index contributed by atoms with van der Waals surface area (Å²) in [5.41, 5.74) is 4.21. The fourth-order valence-electron chi connectivity index (χ4n) is 3.45. The molecule has 3 aromatic rings. The van der Waals surface area contributed by atoms with E-state index in [0.29, 0.717) is 0 Å². The highest BCUT2D eigenvalue weighted by Gasteiger charge is 2.17. The van der Waals surface area contributed by atoms with E-state index >= 15 is 0 Å². The summed E-state index contributed by atoms with van der Waals surface area (Å²) >= 11 is 1.65. The van der Waals surface area contributed by atoms with Crippen molar-refractivity contribution in [2.45, 2.75) is 52.3 Å². The Morgan fingerprint density at radius 1 is 1.26 bits per heavy atom. The molecule has 0 unspecified atom stereocenters. The zero-order valence-corrected chi connectivity index (χ0v) is 16.9. The molecule has 1 aliphatic heterocycles. The van der Waals surface area contributed by atoms with Gasteiger partial charge in [-0.05, 0) is 39.2 Å². The average molecular weight is 387 g/mol. The lowest BCUT2D eigenvalue weighted by Crippen LogP contribution is -2.24. The van der Waals surface area contributed by atoms with E-state index < -0.39 is 0 Å². The molecular formula is C19H26N6OS. The van der Waals surface area contributed by atoms with Gasteiger partial charge in [0.25, 0.3) is 0 Å². The van der Waals surface area contributed by atoms with Crippen LogP contribution in [0, 0.1) is 13.8 Å². The standard InChI is InChI=1S/C19H26N6OS/c1-13-15(11-24(3)22-13)10-20-19-21-14(2)18(27-19)17-7-8-25(23-17)12-16-6-4-5-9-26-16/h7-8,11,16H,4-6,9-10,12H2,1-3H3,(H,20,21)/t16-/m0/s1. The molecule has 0 aliphatic carbocycles. The molecule has 8 heteroatoms. The van der Waals surface area contributed by atoms with Gasteiger partial charge in [-0.25, -0.2) is 4.98 Å². The van der Waals surface area contributed by atoms with Crippen LogP contribution in [0.3, 0.4) is 0 Å². The van der Waals surface area contributed by atoms with Gasteiger partial charge in [0.2, 0.25) is 0 Å². The van der Waals surface area contributed by atoms with Crippen LogP contribution in [0.5, 0.6) is 0 Å². The molecule has 4 rings (SSSR count). The van der Waals surface area contributed by atoms with Gasteiger partial charge in [0.1, 0.15) is 5.69 Å². The third-order valence-electron chi connectivity index (χ3n) is 4.88. The Labute approximate surface area is 163 Å². The zero-order valence-electron chi connectivity index (χ0n) is 16.1. The lowest BCUT2D eigenvalue weighted by Gasteiger charge is -2.22. The monoisotopic (exact) mass is 386 g/mol. The van der Waals surface area contributed by atoms with Crippen molar-refractivity contribution in [2.75, 3.05) is 11.9 Å². The quantitative estimate of drug-likeness (QED) is 0.702. The first-order chi connectivity index (χ1) is 13.1. The maximum atomic E-state index is 5.82. The number of rotatable bonds is 6. The molecule has 0 amide bonds. The van der Waals surface area contributed by atoms with Crippen molar-refractivity contribution >= 4 is 16.5 Å². The van der Waals surface area contributed by atoms with Crippen LogP contribution < -0.4 is 5.32 Å². The molecule has 144 valence electrons. The minimum Gasteiger partial charge on any atom is -0.376 e. The minimum absolute atomic E-state index is 0.286. The fraction of sp³-hybridized carbons (Fsp3) is 0.526. The SMILES string of the molecule is Cc1nn(C)cc1CNc1nc(C)c(-c2ccn(C[C@@H]3CCCCO3)n2)s1. The first-order valence-corrected chi connectivity index (χ1v) is 10.3. The van der Waals surface area contributed by atoms with Crippen LogP contribution in [-0.2, 0) is 24.9 Å². The van der Waals surface area contributed by atoms with Gasteiger partial charge in [-0.15, -0.1) is 0 Å². The molecule has 1 N–H and O–H groups in total. The lowest BCUT2D eigenvalue weighted by molar-refractivity contribution is 0.00403. The third-order valence-corrected chi connectivity index (χ3v) is 6.02. The summed E-state index contributed by atoms with van der Waals surface area (Å²) in [6, 6.07) is 2.07. The predicted molar refractivity (Wildman–Crippen MR) is 107 cm³/mol. The Balaban J connectivity index is 1.42. The van der Waals surface area contributed by atoms with Crippen LogP contribution in [0.15, 0.2) is 18.5 Å². The molecule has 3 aromatic heterocycles. The van der Waals surface area contributed by atoms with Crippen molar-refractivity contribution in [3.8, 4) is 10.6 Å². The maximum absolute atomic E-state index is 5.82. The topological polar surface area (TPSA) is 69.8 Å². The van der Waals surface area contributed by atoms with Crippen molar-refractivity contribution in [1.82, 2.24) is 24.5 Å². The van der Waals surface area contributed by atoms with E-state index in [9.17, 15) is 0 Å². The predicted octanol–water partition coefficient (Wildman–Crippen LogP) is 3.54. The molecule has 0 saturated carbocycles. The van der Waals surface area contributed by atoms with Gasteiger partial charge in [-0.1, -0.05) is 11.3 Å². The molecule has 0 spiro atoms. The van der Waals surface area contributed by atoms with E-state index in [1.54, 1.807) is 11.3 Å². The Kier molecular flexibility index (Phi) is 5.27. The summed E-state index contributed by atoms with van der Waals surface area (Å²) < 4.78 is 9.66. The first-order valence-electron chi connectivity index (χ1n) is 9.44. The van der Waals surface area contributed by atoms with E-state index in [1.165, 1.54) is 18.4 Å². The van der Waals surface area contributed by atoms with Crippen LogP contribution in [0.2, 0.25) is 0 Å². The molecule has 0 radical (unpaired) electrons. The Morgan fingerprint density at radius 3 is 2.89 bits per heavy atom. The van der Waals surface area contributed by atoms with Crippen LogP contribution in [-0.4, -0.2) is 37.3 Å². The fourth-order valence-corrected chi connectivity index (χ4v) is 4.37. The molecular weight excluding hydrogens is 360 g/mol. The summed E-state index contributed by atoms with van der Waals surface area (Å²) in [7, 11) is 1.94. The molecule has 1 atom stereocenters. The Bertz CT molecular complexity index is 905. The number of hydrogen-bond acceptors (Lipinski definition) is 6. The smallest absolute Gasteiger partial charge is 0.183 e. The highest BCUT2D eigenvalue weighted by molar-refractivity contribution is 7.19. The van der Waals surface area contributed by atoms with Crippen LogP contribution >= 0.6 is 11.3 Å². The van der Waals surface area contributed by atoms with Crippen molar-refractivity contribution in [3.63, 3.8) is 0 Å². The summed E-state index contributed by atoms with van der Waals surface area (Å²) in [5, 5.41) is 13.5. The molecule has 7 nitrogen and oxygen atoms in total. The molecule has 1 fully saturated rings. The number of aromatic nitrogens is 5. The van der Waals surface area contributed by atoms with Crippen LogP contribution in [0.1, 0.15) is 36.2 Å². The van der Waals surface area contributed by atoms with Crippen molar-refractivity contribution in [3.05, 3.63) is 35.4 Å². The molecule has 4 heterocycles. The Hall–Kier alpha value is -2.19. The number of ether oxygens (including phenoxy) is 1. The van der Waals surface area contributed by atoms with E-state index in [2.05, 4.69) is 21.5 Å². The van der Waals surface area contributed by atoms with Gasteiger partial charge < -0.3 is 10.1 Å². The molecule has 27 heavy (non-hydrogen) atoms. The first kappa shape index (κ1) is 18.2. The van der Waals surface area contributed by atoms with Crippen molar-refractivity contribution in [1.29, 1.82) is 0 Å².